The van der Waals surface area contributed by atoms with Gasteiger partial charge in [0.2, 0.25) is 10.0 Å². The molecule has 0 aliphatic rings. The maximum atomic E-state index is 12.5. The predicted molar refractivity (Wildman–Crippen MR) is 86.3 cm³/mol. The Hall–Kier alpha value is -1.24. The Labute approximate surface area is 130 Å². The molecule has 1 aromatic heterocycles. The topological polar surface area (TPSA) is 59.1 Å². The van der Waals surface area contributed by atoms with E-state index in [2.05, 4.69) is 9.71 Å². The number of sulfonamides is 1. The molecule has 0 unspecified atom stereocenters. The van der Waals surface area contributed by atoms with Crippen LogP contribution in [-0.4, -0.2) is 13.4 Å². The lowest BCUT2D eigenvalue weighted by atomic mass is 10.1. The van der Waals surface area contributed by atoms with Gasteiger partial charge in [-0.25, -0.2) is 18.1 Å². The van der Waals surface area contributed by atoms with Crippen LogP contribution in [0, 0.1) is 34.6 Å². The van der Waals surface area contributed by atoms with Crippen molar-refractivity contribution in [1.82, 2.24) is 9.71 Å². The van der Waals surface area contributed by atoms with Crippen molar-refractivity contribution in [3.8, 4) is 0 Å². The third-order valence-electron chi connectivity index (χ3n) is 3.50. The standard InChI is InChI=1S/C15H20N2O2S2/c1-9-6-11(3)15(7-10(9)2)21(18,19)16-8-14-12(4)17-13(5)20-14/h6-7,16H,8H2,1-5H3. The normalized spacial score (nSPS) is 11.9. The molecule has 1 aromatic carbocycles. The second-order valence-electron chi connectivity index (χ2n) is 5.27. The van der Waals surface area contributed by atoms with Crippen LogP contribution in [-0.2, 0) is 16.6 Å². The van der Waals surface area contributed by atoms with Gasteiger partial charge in [-0.1, -0.05) is 6.07 Å². The lowest BCUT2D eigenvalue weighted by Gasteiger charge is -2.11. The lowest BCUT2D eigenvalue weighted by molar-refractivity contribution is 0.581. The van der Waals surface area contributed by atoms with E-state index in [1.54, 1.807) is 6.07 Å². The monoisotopic (exact) mass is 324 g/mol. The molecule has 2 aromatic rings. The summed E-state index contributed by atoms with van der Waals surface area (Å²) in [5.74, 6) is 0. The summed E-state index contributed by atoms with van der Waals surface area (Å²) in [6.45, 7) is 9.83. The van der Waals surface area contributed by atoms with Crippen LogP contribution in [0.4, 0.5) is 0 Å². The molecule has 0 radical (unpaired) electrons. The molecule has 0 amide bonds. The first kappa shape index (κ1) is 16.1. The van der Waals surface area contributed by atoms with Crippen LogP contribution in [0.25, 0.3) is 0 Å². The largest absolute Gasteiger partial charge is 0.247 e. The van der Waals surface area contributed by atoms with Gasteiger partial charge in [-0.15, -0.1) is 11.3 Å². The van der Waals surface area contributed by atoms with Crippen LogP contribution >= 0.6 is 11.3 Å². The minimum absolute atomic E-state index is 0.284. The van der Waals surface area contributed by atoms with Crippen molar-refractivity contribution in [1.29, 1.82) is 0 Å². The molecular weight excluding hydrogens is 304 g/mol. The van der Waals surface area contributed by atoms with Gasteiger partial charge < -0.3 is 0 Å². The average Bonchev–Trinajstić information content (AvgIpc) is 2.70. The maximum Gasteiger partial charge on any atom is 0.241 e. The fraction of sp³-hybridized carbons (Fsp3) is 0.400. The van der Waals surface area contributed by atoms with Gasteiger partial charge in [-0.2, -0.15) is 0 Å². The van der Waals surface area contributed by atoms with Gasteiger partial charge >= 0.3 is 0 Å². The Morgan fingerprint density at radius 3 is 2.24 bits per heavy atom. The zero-order chi connectivity index (χ0) is 15.8. The van der Waals surface area contributed by atoms with Crippen LogP contribution in [0.3, 0.4) is 0 Å². The summed E-state index contributed by atoms with van der Waals surface area (Å²) >= 11 is 1.52. The molecule has 114 valence electrons. The Bertz CT molecular complexity index is 777. The number of aryl methyl sites for hydroxylation is 5. The van der Waals surface area contributed by atoms with E-state index < -0.39 is 10.0 Å². The molecule has 4 nitrogen and oxygen atoms in total. The maximum absolute atomic E-state index is 12.5. The summed E-state index contributed by atoms with van der Waals surface area (Å²) in [4.78, 5) is 5.62. The SMILES string of the molecule is Cc1nc(C)c(CNS(=O)(=O)c2cc(C)c(C)cc2C)s1. The summed E-state index contributed by atoms with van der Waals surface area (Å²) in [7, 11) is -3.51. The number of nitrogens with one attached hydrogen (secondary N) is 1. The Balaban J connectivity index is 2.27. The third kappa shape index (κ3) is 3.51. The van der Waals surface area contributed by atoms with Crippen LogP contribution < -0.4 is 4.72 Å². The van der Waals surface area contributed by atoms with Crippen molar-refractivity contribution in [2.45, 2.75) is 46.1 Å². The van der Waals surface area contributed by atoms with E-state index in [0.717, 1.165) is 32.3 Å². The highest BCUT2D eigenvalue weighted by Crippen LogP contribution is 2.21. The van der Waals surface area contributed by atoms with Gasteiger partial charge in [-0.3, -0.25) is 0 Å². The van der Waals surface area contributed by atoms with Crippen LogP contribution in [0.2, 0.25) is 0 Å². The molecule has 0 fully saturated rings. The van der Waals surface area contributed by atoms with E-state index in [1.165, 1.54) is 11.3 Å². The number of rotatable bonds is 4. The van der Waals surface area contributed by atoms with E-state index in [4.69, 9.17) is 0 Å². The van der Waals surface area contributed by atoms with Gasteiger partial charge in [0, 0.05) is 11.4 Å². The average molecular weight is 324 g/mol. The number of nitrogens with zero attached hydrogens (tertiary/aromatic N) is 1. The number of thiazole rings is 1. The zero-order valence-corrected chi connectivity index (χ0v) is 14.6. The molecule has 0 spiro atoms. The van der Waals surface area contributed by atoms with Crippen molar-refractivity contribution in [3.63, 3.8) is 0 Å². The van der Waals surface area contributed by atoms with Crippen LogP contribution in [0.5, 0.6) is 0 Å². The first-order valence-corrected chi connectivity index (χ1v) is 9.01. The smallest absolute Gasteiger partial charge is 0.241 e. The minimum Gasteiger partial charge on any atom is -0.247 e. The lowest BCUT2D eigenvalue weighted by Crippen LogP contribution is -2.24. The molecule has 0 atom stereocenters. The molecule has 2 rings (SSSR count). The summed E-state index contributed by atoms with van der Waals surface area (Å²) in [5, 5.41) is 0.948. The highest BCUT2D eigenvalue weighted by molar-refractivity contribution is 7.89. The summed E-state index contributed by atoms with van der Waals surface area (Å²) < 4.78 is 27.6. The van der Waals surface area contributed by atoms with Gasteiger partial charge in [0.1, 0.15) is 0 Å². The molecule has 0 saturated heterocycles. The molecule has 6 heteroatoms. The first-order valence-electron chi connectivity index (χ1n) is 6.71. The Morgan fingerprint density at radius 1 is 1.05 bits per heavy atom. The van der Waals surface area contributed by atoms with Crippen molar-refractivity contribution in [2.75, 3.05) is 0 Å². The summed E-state index contributed by atoms with van der Waals surface area (Å²) in [5.41, 5.74) is 3.73. The van der Waals surface area contributed by atoms with Crippen molar-refractivity contribution in [2.24, 2.45) is 0 Å². The second kappa shape index (κ2) is 5.87. The van der Waals surface area contributed by atoms with Crippen LogP contribution in [0.1, 0.15) is 32.3 Å². The minimum atomic E-state index is -3.51. The predicted octanol–water partition coefficient (Wildman–Crippen LogP) is 3.16. The molecular formula is C15H20N2O2S2. The summed E-state index contributed by atoms with van der Waals surface area (Å²) in [6.07, 6.45) is 0. The molecule has 21 heavy (non-hydrogen) atoms. The summed E-state index contributed by atoms with van der Waals surface area (Å²) in [6, 6.07) is 3.64. The molecule has 0 saturated carbocycles. The molecule has 1 heterocycles. The van der Waals surface area contributed by atoms with E-state index in [-0.39, 0.29) is 6.54 Å². The molecule has 0 bridgehead atoms. The van der Waals surface area contributed by atoms with Gasteiger partial charge in [0.05, 0.1) is 15.6 Å². The van der Waals surface area contributed by atoms with Crippen molar-refractivity contribution >= 4 is 21.4 Å². The van der Waals surface area contributed by atoms with Gasteiger partial charge in [-0.05, 0) is 57.4 Å². The fourth-order valence-corrected chi connectivity index (χ4v) is 4.47. The zero-order valence-electron chi connectivity index (χ0n) is 12.9. The van der Waals surface area contributed by atoms with E-state index >= 15 is 0 Å². The number of hydrogen-bond donors (Lipinski definition) is 1. The first-order chi connectivity index (χ1) is 9.70. The Kier molecular flexibility index (Phi) is 4.51. The highest BCUT2D eigenvalue weighted by Gasteiger charge is 2.18. The van der Waals surface area contributed by atoms with Crippen molar-refractivity contribution in [3.05, 3.63) is 44.4 Å². The van der Waals surface area contributed by atoms with Crippen LogP contribution in [0.15, 0.2) is 17.0 Å². The second-order valence-corrected chi connectivity index (χ2v) is 8.29. The number of hydrogen-bond acceptors (Lipinski definition) is 4. The van der Waals surface area contributed by atoms with Crippen molar-refractivity contribution < 1.29 is 8.42 Å². The number of aromatic nitrogens is 1. The van der Waals surface area contributed by atoms with Gasteiger partial charge in [0.25, 0.3) is 0 Å². The van der Waals surface area contributed by atoms with E-state index in [9.17, 15) is 8.42 Å². The quantitative estimate of drug-likeness (QED) is 0.940. The van der Waals surface area contributed by atoms with E-state index in [0.29, 0.717) is 4.90 Å². The fourth-order valence-electron chi connectivity index (χ4n) is 2.20. The molecule has 0 aliphatic carbocycles. The molecule has 0 aliphatic heterocycles. The molecule has 1 N–H and O–H groups in total. The highest BCUT2D eigenvalue weighted by atomic mass is 32.2. The van der Waals surface area contributed by atoms with E-state index in [1.807, 2.05) is 40.7 Å². The third-order valence-corrected chi connectivity index (χ3v) is 6.12. The van der Waals surface area contributed by atoms with Gasteiger partial charge in [0.15, 0.2) is 0 Å². The number of benzene rings is 1. The Morgan fingerprint density at radius 2 is 1.67 bits per heavy atom.